The van der Waals surface area contributed by atoms with Gasteiger partial charge in [0, 0.05) is 5.56 Å². The van der Waals surface area contributed by atoms with Crippen LogP contribution in [0.4, 0.5) is 0 Å². The normalized spacial score (nSPS) is 10.7. The molecule has 1 amide bonds. The maximum absolute atomic E-state index is 12.1. The summed E-state index contributed by atoms with van der Waals surface area (Å²) in [6, 6.07) is 14.9. The molecule has 0 atom stereocenters. The number of nitrogens with one attached hydrogen (secondary N) is 1. The van der Waals surface area contributed by atoms with E-state index >= 15 is 0 Å². The van der Waals surface area contributed by atoms with Crippen LogP contribution >= 0.6 is 0 Å². The SMILES string of the molecule is C#CCOc1ccccc1/C=N\NC(=O)Cn1cnc2ccccc21. The molecule has 0 saturated heterocycles. The Bertz CT molecular complexity index is 953. The summed E-state index contributed by atoms with van der Waals surface area (Å²) in [5.41, 5.74) is 4.97. The lowest BCUT2D eigenvalue weighted by Crippen LogP contribution is -2.22. The number of aromatic nitrogens is 2. The van der Waals surface area contributed by atoms with Crippen LogP contribution < -0.4 is 10.2 Å². The molecule has 6 nitrogen and oxygen atoms in total. The molecule has 0 bridgehead atoms. The van der Waals surface area contributed by atoms with E-state index in [4.69, 9.17) is 11.2 Å². The van der Waals surface area contributed by atoms with Gasteiger partial charge in [0.1, 0.15) is 18.9 Å². The van der Waals surface area contributed by atoms with Crippen LogP contribution in [0.15, 0.2) is 60.0 Å². The summed E-state index contributed by atoms with van der Waals surface area (Å²) < 4.78 is 7.19. The number of hydrazone groups is 1. The van der Waals surface area contributed by atoms with Gasteiger partial charge < -0.3 is 9.30 Å². The molecule has 1 aromatic heterocycles. The topological polar surface area (TPSA) is 68.5 Å². The zero-order valence-corrected chi connectivity index (χ0v) is 13.4. The van der Waals surface area contributed by atoms with Gasteiger partial charge in [-0.3, -0.25) is 4.79 Å². The molecule has 0 saturated carbocycles. The van der Waals surface area contributed by atoms with E-state index in [-0.39, 0.29) is 19.1 Å². The minimum Gasteiger partial charge on any atom is -0.480 e. The van der Waals surface area contributed by atoms with E-state index in [1.54, 1.807) is 17.0 Å². The monoisotopic (exact) mass is 332 g/mol. The van der Waals surface area contributed by atoms with Crippen LogP contribution in [0.25, 0.3) is 11.0 Å². The lowest BCUT2D eigenvalue weighted by atomic mass is 10.2. The molecule has 0 unspecified atom stereocenters. The first kappa shape index (κ1) is 16.3. The van der Waals surface area contributed by atoms with Crippen molar-refractivity contribution >= 4 is 23.2 Å². The summed E-state index contributed by atoms with van der Waals surface area (Å²) >= 11 is 0. The molecule has 0 aliphatic rings. The van der Waals surface area contributed by atoms with Crippen molar-refractivity contribution in [2.75, 3.05) is 6.61 Å². The molecule has 3 rings (SSSR count). The molecule has 3 aromatic rings. The van der Waals surface area contributed by atoms with Gasteiger partial charge in [-0.1, -0.05) is 30.2 Å². The van der Waals surface area contributed by atoms with Gasteiger partial charge in [-0.15, -0.1) is 6.42 Å². The molecule has 124 valence electrons. The van der Waals surface area contributed by atoms with Crippen molar-refractivity contribution in [3.8, 4) is 18.1 Å². The van der Waals surface area contributed by atoms with Gasteiger partial charge in [0.2, 0.25) is 0 Å². The molecule has 0 aliphatic carbocycles. The Labute approximate surface area is 145 Å². The highest BCUT2D eigenvalue weighted by Gasteiger charge is 2.06. The van der Waals surface area contributed by atoms with E-state index in [2.05, 4.69) is 21.4 Å². The molecule has 25 heavy (non-hydrogen) atoms. The molecular weight excluding hydrogens is 316 g/mol. The maximum atomic E-state index is 12.1. The summed E-state index contributed by atoms with van der Waals surface area (Å²) in [5, 5.41) is 3.98. The number of amides is 1. The number of hydrogen-bond acceptors (Lipinski definition) is 4. The number of benzene rings is 2. The number of nitrogens with zero attached hydrogens (tertiary/aromatic N) is 3. The average molecular weight is 332 g/mol. The van der Waals surface area contributed by atoms with Crippen LogP contribution in [0.2, 0.25) is 0 Å². The third-order valence-corrected chi connectivity index (χ3v) is 3.46. The lowest BCUT2D eigenvalue weighted by Gasteiger charge is -2.06. The van der Waals surface area contributed by atoms with Crippen LogP contribution in [0.5, 0.6) is 5.75 Å². The quantitative estimate of drug-likeness (QED) is 0.427. The fraction of sp³-hybridized carbons (Fsp3) is 0.105. The number of imidazole rings is 1. The second-order valence-corrected chi connectivity index (χ2v) is 5.18. The molecule has 0 radical (unpaired) electrons. The zero-order valence-electron chi connectivity index (χ0n) is 13.4. The fourth-order valence-electron chi connectivity index (χ4n) is 2.34. The summed E-state index contributed by atoms with van der Waals surface area (Å²) in [4.78, 5) is 16.3. The van der Waals surface area contributed by atoms with Gasteiger partial charge in [-0.2, -0.15) is 5.10 Å². The van der Waals surface area contributed by atoms with Crippen LogP contribution in [-0.4, -0.2) is 28.3 Å². The van der Waals surface area contributed by atoms with Gasteiger partial charge in [0.05, 0.1) is 23.6 Å². The minimum absolute atomic E-state index is 0.132. The third-order valence-electron chi connectivity index (χ3n) is 3.46. The Morgan fingerprint density at radius 1 is 1.28 bits per heavy atom. The number of terminal acetylenes is 1. The van der Waals surface area contributed by atoms with Crippen LogP contribution in [0.1, 0.15) is 5.56 Å². The number of hydrogen-bond donors (Lipinski definition) is 1. The number of carbonyl (C=O) groups excluding carboxylic acids is 1. The first-order valence-corrected chi connectivity index (χ1v) is 7.65. The number of para-hydroxylation sites is 3. The van der Waals surface area contributed by atoms with Gasteiger partial charge in [0.25, 0.3) is 5.91 Å². The number of fused-ring (bicyclic) bond motifs is 1. The van der Waals surface area contributed by atoms with Crippen molar-refractivity contribution in [3.05, 3.63) is 60.4 Å². The number of rotatable bonds is 6. The minimum atomic E-state index is -0.249. The summed E-state index contributed by atoms with van der Waals surface area (Å²) in [6.07, 6.45) is 8.36. The first-order chi connectivity index (χ1) is 12.3. The molecule has 0 fully saturated rings. The third kappa shape index (κ3) is 4.03. The average Bonchev–Trinajstić information content (AvgIpc) is 3.04. The van der Waals surface area contributed by atoms with Crippen LogP contribution in [0, 0.1) is 12.3 Å². The summed E-state index contributed by atoms with van der Waals surface area (Å²) in [6.45, 7) is 0.304. The van der Waals surface area contributed by atoms with Gasteiger partial charge in [0.15, 0.2) is 0 Å². The lowest BCUT2D eigenvalue weighted by molar-refractivity contribution is -0.121. The molecule has 0 spiro atoms. The van der Waals surface area contributed by atoms with E-state index in [9.17, 15) is 4.79 Å². The van der Waals surface area contributed by atoms with E-state index in [1.165, 1.54) is 6.21 Å². The Morgan fingerprint density at radius 2 is 2.08 bits per heavy atom. The highest BCUT2D eigenvalue weighted by atomic mass is 16.5. The smallest absolute Gasteiger partial charge is 0.260 e. The van der Waals surface area contributed by atoms with Crippen molar-refractivity contribution in [2.45, 2.75) is 6.54 Å². The van der Waals surface area contributed by atoms with E-state index in [1.807, 2.05) is 42.5 Å². The highest BCUT2D eigenvalue weighted by molar-refractivity contribution is 5.85. The van der Waals surface area contributed by atoms with E-state index < -0.39 is 0 Å². The Morgan fingerprint density at radius 3 is 2.96 bits per heavy atom. The zero-order chi connectivity index (χ0) is 17.5. The molecule has 2 aromatic carbocycles. The first-order valence-electron chi connectivity index (χ1n) is 7.65. The second-order valence-electron chi connectivity index (χ2n) is 5.18. The Balaban J connectivity index is 1.63. The molecule has 1 heterocycles. The largest absolute Gasteiger partial charge is 0.480 e. The molecule has 0 aliphatic heterocycles. The Kier molecular flexibility index (Phi) is 5.07. The van der Waals surface area contributed by atoms with Gasteiger partial charge in [-0.05, 0) is 24.3 Å². The molecular formula is C19H16N4O2. The van der Waals surface area contributed by atoms with Crippen molar-refractivity contribution in [1.82, 2.24) is 15.0 Å². The highest BCUT2D eigenvalue weighted by Crippen LogP contribution is 2.15. The summed E-state index contributed by atoms with van der Waals surface area (Å²) in [7, 11) is 0. The van der Waals surface area contributed by atoms with Crippen LogP contribution in [0.3, 0.4) is 0 Å². The van der Waals surface area contributed by atoms with Crippen molar-refractivity contribution < 1.29 is 9.53 Å². The van der Waals surface area contributed by atoms with Crippen LogP contribution in [-0.2, 0) is 11.3 Å². The van der Waals surface area contributed by atoms with Crippen molar-refractivity contribution in [1.29, 1.82) is 0 Å². The predicted octanol–water partition coefficient (Wildman–Crippen LogP) is 2.20. The van der Waals surface area contributed by atoms with E-state index in [0.29, 0.717) is 5.75 Å². The van der Waals surface area contributed by atoms with Gasteiger partial charge in [-0.25, -0.2) is 10.4 Å². The molecule has 6 heteroatoms. The predicted molar refractivity (Wildman–Crippen MR) is 96.2 cm³/mol. The number of ether oxygens (including phenoxy) is 1. The van der Waals surface area contributed by atoms with Crippen molar-refractivity contribution in [2.24, 2.45) is 5.10 Å². The van der Waals surface area contributed by atoms with Gasteiger partial charge >= 0.3 is 0 Å². The molecule has 1 N–H and O–H groups in total. The Hall–Kier alpha value is -3.59. The standard InChI is InChI=1S/C19H16N4O2/c1-2-11-25-18-10-6-3-7-15(18)12-21-22-19(24)13-23-14-20-16-8-4-5-9-17(16)23/h1,3-10,12,14H,11,13H2,(H,22,24)/b21-12-. The fourth-order valence-corrected chi connectivity index (χ4v) is 2.34. The van der Waals surface area contributed by atoms with Crippen molar-refractivity contribution in [3.63, 3.8) is 0 Å². The number of carbonyl (C=O) groups is 1. The summed E-state index contributed by atoms with van der Waals surface area (Å²) in [5.74, 6) is 2.77. The maximum Gasteiger partial charge on any atom is 0.260 e. The second kappa shape index (κ2) is 7.79. The van der Waals surface area contributed by atoms with E-state index in [0.717, 1.165) is 16.6 Å².